The molecular weight excluding hydrogens is 325 g/mol. The molecule has 7 heteroatoms. The van der Waals surface area contributed by atoms with E-state index in [1.165, 1.54) is 12.1 Å². The molecule has 0 radical (unpaired) electrons. The Morgan fingerprint density at radius 1 is 1.23 bits per heavy atom. The van der Waals surface area contributed by atoms with Crippen LogP contribution in [0.2, 0.25) is 10.0 Å². The third kappa shape index (κ3) is 3.69. The first-order chi connectivity index (χ1) is 10.4. The number of hydrogen-bond acceptors (Lipinski definition) is 4. The normalized spacial score (nSPS) is 11.3. The lowest BCUT2D eigenvalue weighted by Crippen LogP contribution is -2.19. The van der Waals surface area contributed by atoms with E-state index in [-0.39, 0.29) is 21.4 Å². The van der Waals surface area contributed by atoms with Gasteiger partial charge in [-0.05, 0) is 36.8 Å². The van der Waals surface area contributed by atoms with Crippen molar-refractivity contribution in [2.24, 2.45) is 5.10 Å². The third-order valence-corrected chi connectivity index (χ3v) is 3.43. The van der Waals surface area contributed by atoms with Crippen molar-refractivity contribution in [2.75, 3.05) is 5.73 Å². The first-order valence-electron chi connectivity index (χ1n) is 6.27. The topological polar surface area (TPSA) is 87.7 Å². The zero-order valence-electron chi connectivity index (χ0n) is 11.6. The summed E-state index contributed by atoms with van der Waals surface area (Å²) >= 11 is 11.6. The molecular formula is C15H13Cl2N3O2. The molecule has 114 valence electrons. The summed E-state index contributed by atoms with van der Waals surface area (Å²) in [6, 6.07) is 9.70. The van der Waals surface area contributed by atoms with Crippen LogP contribution in [0.4, 0.5) is 5.69 Å². The Balaban J connectivity index is 2.19. The molecule has 0 saturated heterocycles. The second-order valence-electron chi connectivity index (χ2n) is 4.54. The number of nitrogens with one attached hydrogen (secondary N) is 1. The standard InChI is InChI=1S/C15H13Cl2N3O2/c1-8(9-2-4-11(18)5-3-9)19-20-15(22)12-6-10(16)7-13(17)14(12)21/h2-7,21H,18H2,1H3,(H,20,22)/b19-8+. The number of nitrogen functional groups attached to an aromatic ring is 1. The van der Waals surface area contributed by atoms with Crippen LogP contribution in [0, 0.1) is 0 Å². The van der Waals surface area contributed by atoms with E-state index in [1.54, 1.807) is 31.2 Å². The third-order valence-electron chi connectivity index (χ3n) is 2.93. The van der Waals surface area contributed by atoms with Gasteiger partial charge >= 0.3 is 0 Å². The number of nitrogens with two attached hydrogens (primary N) is 1. The van der Waals surface area contributed by atoms with E-state index in [1.807, 2.05) is 0 Å². The zero-order valence-corrected chi connectivity index (χ0v) is 13.1. The number of carbonyl (C=O) groups is 1. The van der Waals surface area contributed by atoms with Crippen molar-refractivity contribution in [1.29, 1.82) is 0 Å². The summed E-state index contributed by atoms with van der Waals surface area (Å²) in [5.74, 6) is -0.958. The molecule has 0 aromatic heterocycles. The van der Waals surface area contributed by atoms with E-state index >= 15 is 0 Å². The molecule has 2 aromatic rings. The summed E-state index contributed by atoms with van der Waals surface area (Å²) in [6.07, 6.45) is 0. The van der Waals surface area contributed by atoms with Gasteiger partial charge in [-0.25, -0.2) is 5.43 Å². The van der Waals surface area contributed by atoms with E-state index in [0.717, 1.165) is 5.56 Å². The fraction of sp³-hybridized carbons (Fsp3) is 0.0667. The van der Waals surface area contributed by atoms with Gasteiger partial charge in [-0.1, -0.05) is 35.3 Å². The summed E-state index contributed by atoms with van der Waals surface area (Å²) in [7, 11) is 0. The number of aromatic hydroxyl groups is 1. The van der Waals surface area contributed by atoms with Gasteiger partial charge in [0, 0.05) is 10.7 Å². The molecule has 0 aliphatic rings. The quantitative estimate of drug-likeness (QED) is 0.455. The molecule has 0 saturated carbocycles. The predicted octanol–water partition coefficient (Wildman–Crippen LogP) is 3.44. The number of benzene rings is 2. The number of anilines is 1. The number of amides is 1. The second kappa shape index (κ2) is 6.68. The van der Waals surface area contributed by atoms with Crippen LogP contribution in [-0.4, -0.2) is 16.7 Å². The maximum absolute atomic E-state index is 12.0. The van der Waals surface area contributed by atoms with Crippen LogP contribution < -0.4 is 11.2 Å². The Hall–Kier alpha value is -2.24. The number of nitrogens with zero attached hydrogens (tertiary/aromatic N) is 1. The van der Waals surface area contributed by atoms with Gasteiger partial charge in [-0.2, -0.15) is 5.10 Å². The van der Waals surface area contributed by atoms with Crippen LogP contribution in [0.1, 0.15) is 22.8 Å². The molecule has 22 heavy (non-hydrogen) atoms. The Morgan fingerprint density at radius 2 is 1.86 bits per heavy atom. The summed E-state index contributed by atoms with van der Waals surface area (Å²) < 4.78 is 0. The van der Waals surface area contributed by atoms with Crippen molar-refractivity contribution in [3.63, 3.8) is 0 Å². The van der Waals surface area contributed by atoms with Crippen molar-refractivity contribution in [3.05, 3.63) is 57.6 Å². The van der Waals surface area contributed by atoms with Gasteiger partial charge in [0.25, 0.3) is 5.91 Å². The van der Waals surface area contributed by atoms with Gasteiger partial charge in [-0.3, -0.25) is 4.79 Å². The number of halogens is 2. The Labute approximate surface area is 137 Å². The SMILES string of the molecule is C/C(=N\NC(=O)c1cc(Cl)cc(Cl)c1O)c1ccc(N)cc1. The lowest BCUT2D eigenvalue weighted by molar-refractivity contribution is 0.0952. The van der Waals surface area contributed by atoms with Gasteiger partial charge < -0.3 is 10.8 Å². The highest BCUT2D eigenvalue weighted by Gasteiger charge is 2.15. The van der Waals surface area contributed by atoms with Gasteiger partial charge in [0.2, 0.25) is 0 Å². The highest BCUT2D eigenvalue weighted by Crippen LogP contribution is 2.30. The van der Waals surface area contributed by atoms with E-state index in [4.69, 9.17) is 28.9 Å². The number of phenols is 1. The minimum atomic E-state index is -0.614. The number of rotatable bonds is 3. The number of hydrazone groups is 1. The monoisotopic (exact) mass is 337 g/mol. The molecule has 0 heterocycles. The first kappa shape index (κ1) is 16.1. The maximum atomic E-state index is 12.0. The van der Waals surface area contributed by atoms with Crippen LogP contribution in [0.25, 0.3) is 0 Å². The molecule has 5 nitrogen and oxygen atoms in total. The van der Waals surface area contributed by atoms with E-state index in [2.05, 4.69) is 10.5 Å². The largest absolute Gasteiger partial charge is 0.506 e. The van der Waals surface area contributed by atoms with Crippen LogP contribution in [-0.2, 0) is 0 Å². The number of phenolic OH excluding ortho intramolecular Hbond substituents is 1. The minimum absolute atomic E-state index is 0.00288. The van der Waals surface area contributed by atoms with Crippen molar-refractivity contribution in [2.45, 2.75) is 6.92 Å². The summed E-state index contributed by atoms with van der Waals surface area (Å²) in [4.78, 5) is 12.0. The van der Waals surface area contributed by atoms with Crippen LogP contribution in [0.15, 0.2) is 41.5 Å². The summed E-state index contributed by atoms with van der Waals surface area (Å²) in [5.41, 5.74) is 9.94. The number of carbonyl (C=O) groups excluding carboxylic acids is 1. The first-order valence-corrected chi connectivity index (χ1v) is 7.02. The Kier molecular flexibility index (Phi) is 4.90. The van der Waals surface area contributed by atoms with Crippen LogP contribution in [0.5, 0.6) is 5.75 Å². The highest BCUT2D eigenvalue weighted by atomic mass is 35.5. The van der Waals surface area contributed by atoms with Gasteiger partial charge in [0.1, 0.15) is 5.75 Å². The maximum Gasteiger partial charge on any atom is 0.275 e. The lowest BCUT2D eigenvalue weighted by Gasteiger charge is -2.07. The van der Waals surface area contributed by atoms with E-state index < -0.39 is 5.91 Å². The van der Waals surface area contributed by atoms with E-state index in [9.17, 15) is 9.90 Å². The molecule has 0 spiro atoms. The van der Waals surface area contributed by atoms with Crippen molar-refractivity contribution >= 4 is 40.5 Å². The molecule has 1 amide bonds. The van der Waals surface area contributed by atoms with Crippen molar-refractivity contribution in [3.8, 4) is 5.75 Å². The van der Waals surface area contributed by atoms with Gasteiger partial charge in [0.15, 0.2) is 0 Å². The minimum Gasteiger partial charge on any atom is -0.506 e. The molecule has 2 aromatic carbocycles. The smallest absolute Gasteiger partial charge is 0.275 e. The Bertz CT molecular complexity index is 743. The Morgan fingerprint density at radius 3 is 2.50 bits per heavy atom. The van der Waals surface area contributed by atoms with Crippen molar-refractivity contribution < 1.29 is 9.90 Å². The lowest BCUT2D eigenvalue weighted by atomic mass is 10.1. The average molecular weight is 338 g/mol. The zero-order chi connectivity index (χ0) is 16.3. The molecule has 0 bridgehead atoms. The summed E-state index contributed by atoms with van der Waals surface area (Å²) in [6.45, 7) is 1.73. The number of hydrogen-bond donors (Lipinski definition) is 3. The molecule has 0 atom stereocenters. The predicted molar refractivity (Wildman–Crippen MR) is 88.7 cm³/mol. The fourth-order valence-corrected chi connectivity index (χ4v) is 2.22. The average Bonchev–Trinajstić information content (AvgIpc) is 2.48. The summed E-state index contributed by atoms with van der Waals surface area (Å²) in [5, 5.41) is 14.0. The highest BCUT2D eigenvalue weighted by molar-refractivity contribution is 6.36. The van der Waals surface area contributed by atoms with Gasteiger partial charge in [0.05, 0.1) is 16.3 Å². The molecule has 2 rings (SSSR count). The van der Waals surface area contributed by atoms with Gasteiger partial charge in [-0.15, -0.1) is 0 Å². The molecule has 0 aliphatic carbocycles. The van der Waals surface area contributed by atoms with Crippen molar-refractivity contribution in [1.82, 2.24) is 5.43 Å². The second-order valence-corrected chi connectivity index (χ2v) is 5.39. The molecule has 0 unspecified atom stereocenters. The van der Waals surface area contributed by atoms with Crippen LogP contribution in [0.3, 0.4) is 0 Å². The molecule has 0 aliphatic heterocycles. The van der Waals surface area contributed by atoms with Crippen LogP contribution >= 0.6 is 23.2 Å². The molecule has 4 N–H and O–H groups in total. The molecule has 0 fully saturated rings. The van der Waals surface area contributed by atoms with E-state index in [0.29, 0.717) is 11.4 Å². The fourth-order valence-electron chi connectivity index (χ4n) is 1.72.